The van der Waals surface area contributed by atoms with E-state index in [4.69, 9.17) is 23.2 Å². The van der Waals surface area contributed by atoms with E-state index in [2.05, 4.69) is 15.5 Å². The summed E-state index contributed by atoms with van der Waals surface area (Å²) < 4.78 is 0. The first kappa shape index (κ1) is 13.5. The smallest absolute Gasteiger partial charge is 0.287 e. The number of nitrogens with zero attached hydrogens (tertiary/aromatic N) is 1. The highest BCUT2D eigenvalue weighted by atomic mass is 35.5. The molecule has 0 bridgehead atoms. The van der Waals surface area contributed by atoms with Gasteiger partial charge in [0.25, 0.3) is 5.91 Å². The van der Waals surface area contributed by atoms with Crippen molar-refractivity contribution in [2.45, 2.75) is 0 Å². The molecule has 0 saturated heterocycles. The lowest BCUT2D eigenvalue weighted by molar-refractivity contribution is 0.0951. The van der Waals surface area contributed by atoms with Gasteiger partial charge < -0.3 is 10.1 Å². The molecule has 0 radical (unpaired) electrons. The molecule has 0 aliphatic rings. The predicted molar refractivity (Wildman–Crippen MR) is 74.0 cm³/mol. The van der Waals surface area contributed by atoms with E-state index < -0.39 is 5.91 Å². The maximum absolute atomic E-state index is 11.5. The lowest BCUT2D eigenvalue weighted by Gasteiger charge is -2.02. The Morgan fingerprint density at radius 1 is 1.42 bits per heavy atom. The number of hydrogen-bond donors (Lipinski definition) is 3. The zero-order valence-electron chi connectivity index (χ0n) is 9.52. The largest absolute Gasteiger partial charge is 0.506 e. The summed E-state index contributed by atoms with van der Waals surface area (Å²) >= 11 is 11.5. The van der Waals surface area contributed by atoms with Crippen LogP contribution in [0.4, 0.5) is 0 Å². The molecular formula is C12H9Cl2N3O2. The third-order valence-electron chi connectivity index (χ3n) is 2.27. The SMILES string of the molecule is O=C(N/N=C/c1cc(Cl)cc(Cl)c1O)c1ccc[nH]1. The lowest BCUT2D eigenvalue weighted by Crippen LogP contribution is -2.17. The van der Waals surface area contributed by atoms with Crippen molar-refractivity contribution in [2.75, 3.05) is 0 Å². The molecule has 1 aromatic heterocycles. The van der Waals surface area contributed by atoms with Crippen LogP contribution in [0.5, 0.6) is 5.75 Å². The number of nitrogens with one attached hydrogen (secondary N) is 2. The highest BCUT2D eigenvalue weighted by Crippen LogP contribution is 2.29. The first-order valence-electron chi connectivity index (χ1n) is 5.22. The van der Waals surface area contributed by atoms with Gasteiger partial charge in [-0.15, -0.1) is 0 Å². The van der Waals surface area contributed by atoms with Crippen molar-refractivity contribution in [3.63, 3.8) is 0 Å². The second kappa shape index (κ2) is 5.77. The Labute approximate surface area is 118 Å². The van der Waals surface area contributed by atoms with Crippen LogP contribution in [0.3, 0.4) is 0 Å². The topological polar surface area (TPSA) is 77.5 Å². The Kier molecular flexibility index (Phi) is 4.09. The molecule has 5 nitrogen and oxygen atoms in total. The summed E-state index contributed by atoms with van der Waals surface area (Å²) in [7, 11) is 0. The van der Waals surface area contributed by atoms with Crippen LogP contribution in [0, 0.1) is 0 Å². The van der Waals surface area contributed by atoms with E-state index in [1.165, 1.54) is 18.3 Å². The molecular weight excluding hydrogens is 289 g/mol. The highest BCUT2D eigenvalue weighted by Gasteiger charge is 2.07. The number of hydrogen-bond acceptors (Lipinski definition) is 3. The van der Waals surface area contributed by atoms with Gasteiger partial charge in [-0.05, 0) is 24.3 Å². The van der Waals surface area contributed by atoms with Crippen LogP contribution in [0.2, 0.25) is 10.0 Å². The number of rotatable bonds is 3. The number of carbonyl (C=O) groups excluding carboxylic acids is 1. The zero-order valence-corrected chi connectivity index (χ0v) is 11.0. The molecule has 7 heteroatoms. The Morgan fingerprint density at radius 3 is 2.89 bits per heavy atom. The maximum Gasteiger partial charge on any atom is 0.287 e. The quantitative estimate of drug-likeness (QED) is 0.602. The van der Waals surface area contributed by atoms with E-state index in [1.807, 2.05) is 0 Å². The number of halogens is 2. The average Bonchev–Trinajstić information content (AvgIpc) is 2.88. The van der Waals surface area contributed by atoms with Crippen LogP contribution in [0.25, 0.3) is 0 Å². The summed E-state index contributed by atoms with van der Waals surface area (Å²) in [5.74, 6) is -0.544. The van der Waals surface area contributed by atoms with Crippen molar-refractivity contribution < 1.29 is 9.90 Å². The highest BCUT2D eigenvalue weighted by molar-refractivity contribution is 6.36. The molecule has 19 heavy (non-hydrogen) atoms. The van der Waals surface area contributed by atoms with E-state index in [0.29, 0.717) is 16.3 Å². The Balaban J connectivity index is 2.09. The minimum Gasteiger partial charge on any atom is -0.506 e. The number of benzene rings is 1. The second-order valence-corrected chi connectivity index (χ2v) is 4.45. The number of H-pyrrole nitrogens is 1. The third-order valence-corrected chi connectivity index (χ3v) is 2.78. The summed E-state index contributed by atoms with van der Waals surface area (Å²) in [4.78, 5) is 14.3. The maximum atomic E-state index is 11.5. The molecule has 1 aromatic carbocycles. The molecule has 3 N–H and O–H groups in total. The summed E-state index contributed by atoms with van der Waals surface area (Å²) in [5, 5.41) is 13.9. The molecule has 0 saturated carbocycles. The Morgan fingerprint density at radius 2 is 2.21 bits per heavy atom. The van der Waals surface area contributed by atoms with Gasteiger partial charge in [-0.25, -0.2) is 5.43 Å². The fourth-order valence-corrected chi connectivity index (χ4v) is 1.89. The van der Waals surface area contributed by atoms with Crippen LogP contribution < -0.4 is 5.43 Å². The monoisotopic (exact) mass is 297 g/mol. The number of amides is 1. The van der Waals surface area contributed by atoms with Gasteiger partial charge in [-0.1, -0.05) is 23.2 Å². The van der Waals surface area contributed by atoms with E-state index in [1.54, 1.807) is 18.3 Å². The van der Waals surface area contributed by atoms with Gasteiger partial charge in [0, 0.05) is 16.8 Å². The van der Waals surface area contributed by atoms with Crippen LogP contribution in [-0.2, 0) is 0 Å². The van der Waals surface area contributed by atoms with E-state index in [9.17, 15) is 9.90 Å². The number of phenolic OH excluding ortho intramolecular Hbond substituents is 1. The van der Waals surface area contributed by atoms with Gasteiger partial charge >= 0.3 is 0 Å². The third kappa shape index (κ3) is 3.27. The minimum atomic E-state index is -0.395. The van der Waals surface area contributed by atoms with Crippen LogP contribution in [0.1, 0.15) is 16.1 Å². The molecule has 0 aliphatic heterocycles. The first-order valence-corrected chi connectivity index (χ1v) is 5.98. The number of carbonyl (C=O) groups is 1. The normalized spacial score (nSPS) is 10.8. The van der Waals surface area contributed by atoms with Crippen molar-refractivity contribution in [3.05, 3.63) is 51.8 Å². The summed E-state index contributed by atoms with van der Waals surface area (Å²) in [6.45, 7) is 0. The second-order valence-electron chi connectivity index (χ2n) is 3.61. The van der Waals surface area contributed by atoms with E-state index in [0.717, 1.165) is 0 Å². The van der Waals surface area contributed by atoms with Gasteiger partial charge in [0.15, 0.2) is 0 Å². The molecule has 0 atom stereocenters. The van der Waals surface area contributed by atoms with Crippen molar-refractivity contribution in [1.82, 2.24) is 10.4 Å². The van der Waals surface area contributed by atoms with Crippen molar-refractivity contribution in [1.29, 1.82) is 0 Å². The molecule has 0 spiro atoms. The standard InChI is InChI=1S/C12H9Cl2N3O2/c13-8-4-7(11(18)9(14)5-8)6-16-17-12(19)10-2-1-3-15-10/h1-6,15,18H,(H,17,19)/b16-6+. The molecule has 1 heterocycles. The number of aromatic amines is 1. The van der Waals surface area contributed by atoms with Crippen molar-refractivity contribution >= 4 is 35.3 Å². The fourth-order valence-electron chi connectivity index (χ4n) is 1.38. The summed E-state index contributed by atoms with van der Waals surface area (Å²) in [6.07, 6.45) is 2.88. The zero-order chi connectivity index (χ0) is 13.8. The summed E-state index contributed by atoms with van der Waals surface area (Å²) in [5.41, 5.74) is 2.99. The van der Waals surface area contributed by atoms with Gasteiger partial charge in [-0.2, -0.15) is 5.10 Å². The molecule has 2 rings (SSSR count). The number of hydrazone groups is 1. The average molecular weight is 298 g/mol. The van der Waals surface area contributed by atoms with Gasteiger partial charge in [0.2, 0.25) is 0 Å². The summed E-state index contributed by atoms with van der Waals surface area (Å²) in [6, 6.07) is 6.19. The van der Waals surface area contributed by atoms with Crippen molar-refractivity contribution in [2.24, 2.45) is 5.10 Å². The van der Waals surface area contributed by atoms with E-state index in [-0.39, 0.29) is 10.8 Å². The van der Waals surface area contributed by atoms with E-state index >= 15 is 0 Å². The van der Waals surface area contributed by atoms with Crippen LogP contribution in [0.15, 0.2) is 35.6 Å². The van der Waals surface area contributed by atoms with Gasteiger partial charge in [0.05, 0.1) is 11.2 Å². The molecule has 0 unspecified atom stereocenters. The number of phenols is 1. The Hall–Kier alpha value is -1.98. The first-order chi connectivity index (χ1) is 9.08. The van der Waals surface area contributed by atoms with Gasteiger partial charge in [-0.3, -0.25) is 4.79 Å². The number of aromatic nitrogens is 1. The Bertz CT molecular complexity index is 624. The van der Waals surface area contributed by atoms with Gasteiger partial charge in [0.1, 0.15) is 11.4 Å². The van der Waals surface area contributed by atoms with Crippen LogP contribution >= 0.6 is 23.2 Å². The molecule has 98 valence electrons. The van der Waals surface area contributed by atoms with Crippen molar-refractivity contribution in [3.8, 4) is 5.75 Å². The molecule has 0 fully saturated rings. The predicted octanol–water partition coefficient (Wildman–Crippen LogP) is 2.79. The molecule has 2 aromatic rings. The molecule has 1 amide bonds. The molecule has 0 aliphatic carbocycles. The fraction of sp³-hybridized carbons (Fsp3) is 0. The number of aromatic hydroxyl groups is 1. The lowest BCUT2D eigenvalue weighted by atomic mass is 10.2. The van der Waals surface area contributed by atoms with Crippen LogP contribution in [-0.4, -0.2) is 22.2 Å². The minimum absolute atomic E-state index is 0.115.